The number of hydrogen-bond acceptors (Lipinski definition) is 3. The van der Waals surface area contributed by atoms with Crippen LogP contribution in [0.15, 0.2) is 30.3 Å². The molecule has 0 saturated heterocycles. The van der Waals surface area contributed by atoms with E-state index in [1.54, 1.807) is 24.3 Å². The van der Waals surface area contributed by atoms with Gasteiger partial charge in [0.2, 0.25) is 0 Å². The molecule has 1 aromatic carbocycles. The summed E-state index contributed by atoms with van der Waals surface area (Å²) in [6, 6.07) is 8.83. The molecule has 0 aliphatic heterocycles. The van der Waals surface area contributed by atoms with Gasteiger partial charge in [0.15, 0.2) is 0 Å². The maximum atomic E-state index is 10.8. The molecule has 0 aliphatic carbocycles. The minimum absolute atomic E-state index is 0.535. The molecule has 1 aromatic rings. The Morgan fingerprint density at radius 1 is 1.38 bits per heavy atom. The van der Waals surface area contributed by atoms with Crippen LogP contribution in [-0.4, -0.2) is 18.6 Å². The van der Waals surface area contributed by atoms with E-state index in [0.717, 1.165) is 0 Å². The lowest BCUT2D eigenvalue weighted by molar-refractivity contribution is -0.144. The maximum Gasteiger partial charge on any atom is 0.363 e. The van der Waals surface area contributed by atoms with Crippen molar-refractivity contribution in [2.75, 3.05) is 7.11 Å². The average molecular weight is 201 g/mol. The van der Waals surface area contributed by atoms with Gasteiger partial charge in [-0.2, -0.15) is 0 Å². The molecule has 1 rings (SSSR count). The second kappa shape index (κ2) is 4.72. The van der Waals surface area contributed by atoms with Gasteiger partial charge in [-0.15, -0.1) is 0 Å². The molecule has 0 spiro atoms. The molecule has 0 N–H and O–H groups in total. The van der Waals surface area contributed by atoms with E-state index < -0.39 is 11.5 Å². The minimum atomic E-state index is -1.09. The average Bonchev–Trinajstić information content (AvgIpc) is 2.18. The molecule has 70 valence electrons. The molecule has 0 saturated carbocycles. The molecule has 0 heterocycles. The molecule has 0 fully saturated rings. The zero-order valence-corrected chi connectivity index (χ0v) is 7.82. The van der Waals surface area contributed by atoms with Gasteiger partial charge in [-0.05, 0) is 12.1 Å². The van der Waals surface area contributed by atoms with Crippen molar-refractivity contribution in [2.45, 2.75) is 5.56 Å². The number of carbonyl (C=O) groups is 1. The first-order valence-electron chi connectivity index (χ1n) is 3.67. The summed E-state index contributed by atoms with van der Waals surface area (Å²) in [5, 5.41) is 0. The highest BCUT2D eigenvalue weighted by atomic mass is 35.5. The van der Waals surface area contributed by atoms with Gasteiger partial charge in [-0.1, -0.05) is 29.8 Å². The number of carbonyl (C=O) groups excluding carboxylic acids is 1. The van der Waals surface area contributed by atoms with Crippen molar-refractivity contribution >= 4 is 17.6 Å². The van der Waals surface area contributed by atoms with Crippen molar-refractivity contribution in [3.05, 3.63) is 30.3 Å². The molecule has 1 unspecified atom stereocenters. The zero-order valence-electron chi connectivity index (χ0n) is 7.07. The van der Waals surface area contributed by atoms with Crippen LogP contribution >= 0.6 is 11.6 Å². The molecule has 0 radical (unpaired) electrons. The van der Waals surface area contributed by atoms with Crippen molar-refractivity contribution in [3.63, 3.8) is 0 Å². The van der Waals surface area contributed by atoms with Gasteiger partial charge in [0.05, 0.1) is 7.11 Å². The highest BCUT2D eigenvalue weighted by Gasteiger charge is 2.16. The predicted molar refractivity (Wildman–Crippen MR) is 48.7 cm³/mol. The van der Waals surface area contributed by atoms with E-state index in [4.69, 9.17) is 16.3 Å². The molecular formula is C9H9ClO3. The van der Waals surface area contributed by atoms with Crippen molar-refractivity contribution in [2.24, 2.45) is 0 Å². The number of halogens is 1. The Morgan fingerprint density at radius 3 is 2.54 bits per heavy atom. The van der Waals surface area contributed by atoms with Crippen LogP contribution < -0.4 is 4.74 Å². The van der Waals surface area contributed by atoms with Crippen molar-refractivity contribution < 1.29 is 14.3 Å². The van der Waals surface area contributed by atoms with Crippen molar-refractivity contribution in [3.8, 4) is 5.75 Å². The Hall–Kier alpha value is -1.22. The summed E-state index contributed by atoms with van der Waals surface area (Å²) >= 11 is 5.57. The van der Waals surface area contributed by atoms with Gasteiger partial charge >= 0.3 is 5.97 Å². The lowest BCUT2D eigenvalue weighted by Crippen LogP contribution is -2.22. The van der Waals surface area contributed by atoms with E-state index in [9.17, 15) is 4.79 Å². The summed E-state index contributed by atoms with van der Waals surface area (Å²) in [5.74, 6) is -0.0709. The topological polar surface area (TPSA) is 35.5 Å². The van der Waals surface area contributed by atoms with E-state index in [-0.39, 0.29) is 0 Å². The van der Waals surface area contributed by atoms with Crippen molar-refractivity contribution in [1.82, 2.24) is 0 Å². The van der Waals surface area contributed by atoms with Crippen molar-refractivity contribution in [1.29, 1.82) is 0 Å². The molecule has 13 heavy (non-hydrogen) atoms. The molecule has 0 aromatic heterocycles. The highest BCUT2D eigenvalue weighted by Crippen LogP contribution is 2.13. The van der Waals surface area contributed by atoms with Gasteiger partial charge in [0, 0.05) is 0 Å². The third-order valence-electron chi connectivity index (χ3n) is 1.37. The highest BCUT2D eigenvalue weighted by molar-refractivity contribution is 6.28. The monoisotopic (exact) mass is 200 g/mol. The number of alkyl halides is 1. The van der Waals surface area contributed by atoms with E-state index in [2.05, 4.69) is 4.74 Å². The quantitative estimate of drug-likeness (QED) is 0.552. The third kappa shape index (κ3) is 2.95. The molecule has 1 atom stereocenters. The lowest BCUT2D eigenvalue weighted by Gasteiger charge is -2.09. The smallest absolute Gasteiger partial charge is 0.363 e. The second-order valence-electron chi connectivity index (χ2n) is 2.27. The summed E-state index contributed by atoms with van der Waals surface area (Å²) in [6.45, 7) is 0. The molecule has 0 aliphatic rings. The molecule has 3 nitrogen and oxygen atoms in total. The molecule has 4 heteroatoms. The van der Waals surface area contributed by atoms with Gasteiger partial charge in [-0.25, -0.2) is 4.79 Å². The van der Waals surface area contributed by atoms with Gasteiger partial charge in [0.1, 0.15) is 5.75 Å². The van der Waals surface area contributed by atoms with Crippen LogP contribution in [0.2, 0.25) is 0 Å². The SMILES string of the molecule is COC(=O)C(Cl)Oc1ccccc1. The predicted octanol–water partition coefficient (Wildman–Crippen LogP) is 1.80. The summed E-state index contributed by atoms with van der Waals surface area (Å²) in [5.41, 5.74) is -1.09. The Morgan fingerprint density at radius 2 is 2.00 bits per heavy atom. The largest absolute Gasteiger partial charge is 0.465 e. The van der Waals surface area contributed by atoms with Crippen LogP contribution in [-0.2, 0) is 9.53 Å². The van der Waals surface area contributed by atoms with Gasteiger partial charge in [-0.3, -0.25) is 0 Å². The maximum absolute atomic E-state index is 10.8. The number of esters is 1. The number of methoxy groups -OCH3 is 1. The summed E-state index contributed by atoms with van der Waals surface area (Å²) in [7, 11) is 1.26. The number of ether oxygens (including phenoxy) is 2. The van der Waals surface area contributed by atoms with Crippen LogP contribution in [0.1, 0.15) is 0 Å². The summed E-state index contributed by atoms with van der Waals surface area (Å²) in [6.07, 6.45) is 0. The second-order valence-corrected chi connectivity index (χ2v) is 2.67. The Balaban J connectivity index is 2.55. The van der Waals surface area contributed by atoms with Crippen LogP contribution in [0.25, 0.3) is 0 Å². The van der Waals surface area contributed by atoms with Gasteiger partial charge in [0.25, 0.3) is 5.56 Å². The zero-order chi connectivity index (χ0) is 9.68. The minimum Gasteiger partial charge on any atom is -0.465 e. The van der Waals surface area contributed by atoms with Gasteiger partial charge < -0.3 is 9.47 Å². The summed E-state index contributed by atoms with van der Waals surface area (Å²) < 4.78 is 9.45. The standard InChI is InChI=1S/C9H9ClO3/c1-12-9(11)8(10)13-7-5-3-2-4-6-7/h2-6,8H,1H3. The van der Waals surface area contributed by atoms with E-state index in [0.29, 0.717) is 5.75 Å². The first kappa shape index (κ1) is 9.86. The van der Waals surface area contributed by atoms with Crippen LogP contribution in [0.5, 0.6) is 5.75 Å². The Bertz CT molecular complexity index is 273. The van der Waals surface area contributed by atoms with Crippen LogP contribution in [0.4, 0.5) is 0 Å². The molecular weight excluding hydrogens is 192 g/mol. The Kier molecular flexibility index (Phi) is 3.58. The number of benzene rings is 1. The number of rotatable bonds is 3. The fraction of sp³-hybridized carbons (Fsp3) is 0.222. The molecule has 0 amide bonds. The van der Waals surface area contributed by atoms with E-state index in [1.165, 1.54) is 7.11 Å². The van der Waals surface area contributed by atoms with E-state index in [1.807, 2.05) is 6.07 Å². The fourth-order valence-electron chi connectivity index (χ4n) is 0.759. The first-order valence-corrected chi connectivity index (χ1v) is 4.11. The third-order valence-corrected chi connectivity index (χ3v) is 1.64. The fourth-order valence-corrected chi connectivity index (χ4v) is 0.951. The summed E-state index contributed by atoms with van der Waals surface area (Å²) in [4.78, 5) is 10.8. The van der Waals surface area contributed by atoms with E-state index >= 15 is 0 Å². The number of para-hydroxylation sites is 1. The Labute approximate surface area is 81.2 Å². The normalized spacial score (nSPS) is 11.8. The van der Waals surface area contributed by atoms with Crippen LogP contribution in [0.3, 0.4) is 0 Å². The number of hydrogen-bond donors (Lipinski definition) is 0. The molecule has 0 bridgehead atoms. The first-order chi connectivity index (χ1) is 6.24. The van der Waals surface area contributed by atoms with Crippen LogP contribution in [0, 0.1) is 0 Å². The lowest BCUT2D eigenvalue weighted by atomic mass is 10.3.